The van der Waals surface area contributed by atoms with Crippen molar-refractivity contribution in [1.29, 1.82) is 0 Å². The molecule has 0 saturated heterocycles. The number of halogens is 1. The number of nitrogens with one attached hydrogen (secondary N) is 1. The number of aryl methyl sites for hydroxylation is 3. The molecule has 1 unspecified atom stereocenters. The summed E-state index contributed by atoms with van der Waals surface area (Å²) in [6.07, 6.45) is 1.54. The lowest BCUT2D eigenvalue weighted by Crippen LogP contribution is -2.19. The monoisotopic (exact) mass is 456 g/mol. The van der Waals surface area contributed by atoms with Gasteiger partial charge in [0.1, 0.15) is 13.6 Å². The van der Waals surface area contributed by atoms with Gasteiger partial charge in [-0.15, -0.1) is 0 Å². The van der Waals surface area contributed by atoms with E-state index >= 15 is 0 Å². The van der Waals surface area contributed by atoms with Crippen molar-refractivity contribution in [2.75, 3.05) is 13.9 Å². The Morgan fingerprint density at radius 1 is 1.47 bits per heavy atom. The Kier molecular flexibility index (Phi) is 9.61. The molecule has 2 heterocycles. The summed E-state index contributed by atoms with van der Waals surface area (Å²) >= 11 is 4.85. The highest BCUT2D eigenvalue weighted by Gasteiger charge is 2.24. The van der Waals surface area contributed by atoms with Crippen molar-refractivity contribution in [1.82, 2.24) is 9.55 Å². The highest BCUT2D eigenvalue weighted by atomic mass is 32.1. The third kappa shape index (κ3) is 6.97. The van der Waals surface area contributed by atoms with E-state index in [4.69, 9.17) is 43.5 Å². The topological polar surface area (TPSA) is 94.9 Å². The van der Waals surface area contributed by atoms with E-state index in [0.717, 1.165) is 23.1 Å². The zero-order valence-electron chi connectivity index (χ0n) is 16.9. The predicted molar refractivity (Wildman–Crippen MR) is 113 cm³/mol. The zero-order valence-corrected chi connectivity index (χ0v) is 18.6. The van der Waals surface area contributed by atoms with Crippen LogP contribution >= 0.6 is 20.8 Å². The molecule has 1 aromatic heterocycles. The van der Waals surface area contributed by atoms with Gasteiger partial charge < -0.3 is 18.9 Å². The van der Waals surface area contributed by atoms with E-state index < -0.39 is 26.0 Å². The zero-order chi connectivity index (χ0) is 22.3. The van der Waals surface area contributed by atoms with E-state index in [9.17, 15) is 9.18 Å². The number of fused-ring (bicyclic) bond motifs is 1. The maximum atomic E-state index is 12.9. The molecule has 1 aliphatic rings. The molecule has 2 radical (unpaired) electrons. The maximum Gasteiger partial charge on any atom is 0.399 e. The Labute approximate surface area is 181 Å². The fourth-order valence-corrected chi connectivity index (χ4v) is 3.81. The van der Waals surface area contributed by atoms with Gasteiger partial charge in [0.15, 0.2) is 11.6 Å². The van der Waals surface area contributed by atoms with E-state index in [-0.39, 0.29) is 11.6 Å². The minimum atomic E-state index is -1.43. The number of aromatic nitrogens is 2. The third-order valence-corrected chi connectivity index (χ3v) is 5.41. The van der Waals surface area contributed by atoms with Crippen LogP contribution in [0.5, 0.6) is 5.75 Å². The Morgan fingerprint density at radius 3 is 2.87 bits per heavy atom. The van der Waals surface area contributed by atoms with Crippen molar-refractivity contribution < 1.29 is 27.8 Å². The Morgan fingerprint density at radius 2 is 2.20 bits per heavy atom. The van der Waals surface area contributed by atoms with Crippen LogP contribution in [0.4, 0.5) is 4.39 Å². The van der Waals surface area contributed by atoms with Crippen molar-refractivity contribution >= 4 is 28.7 Å². The Bertz CT molecular complexity index is 973. The van der Waals surface area contributed by atoms with Gasteiger partial charge in [-0.25, -0.2) is 0 Å². The lowest BCUT2D eigenvalue weighted by molar-refractivity contribution is 0.0705. The molecule has 3 rings (SSSR count). The van der Waals surface area contributed by atoms with Crippen molar-refractivity contribution in [2.45, 2.75) is 39.4 Å². The summed E-state index contributed by atoms with van der Waals surface area (Å²) in [5.74, 6) is -0.0407. The van der Waals surface area contributed by atoms with E-state index in [1.807, 2.05) is 19.9 Å². The van der Waals surface area contributed by atoms with Crippen LogP contribution in [-0.2, 0) is 26.9 Å². The second-order valence-electron chi connectivity index (χ2n) is 6.41. The number of aromatic amines is 1. The predicted octanol–water partition coefficient (Wildman–Crippen LogP) is 2.98. The van der Waals surface area contributed by atoms with Crippen molar-refractivity contribution in [3.63, 3.8) is 0 Å². The smallest absolute Gasteiger partial charge is 0.399 e. The van der Waals surface area contributed by atoms with Crippen molar-refractivity contribution in [3.05, 3.63) is 56.0 Å². The Balaban J connectivity index is 0.000000214. The molecule has 30 heavy (non-hydrogen) atoms. The van der Waals surface area contributed by atoms with Gasteiger partial charge in [0.2, 0.25) is 5.82 Å². The molecule has 12 heteroatoms. The fourth-order valence-electron chi connectivity index (χ4n) is 2.65. The third-order valence-electron chi connectivity index (χ3n) is 4.08. The molecular weight excluding hydrogens is 433 g/mol. The summed E-state index contributed by atoms with van der Waals surface area (Å²) in [5.41, 5.74) is 2.48. The van der Waals surface area contributed by atoms with E-state index in [1.54, 1.807) is 0 Å². The van der Waals surface area contributed by atoms with E-state index in [0.29, 0.717) is 19.6 Å². The molecule has 162 valence electrons. The molecule has 1 aliphatic heterocycles. The normalized spacial score (nSPS) is 16.1. The van der Waals surface area contributed by atoms with Gasteiger partial charge >= 0.3 is 8.60 Å². The molecule has 0 aliphatic carbocycles. The quantitative estimate of drug-likeness (QED) is 0.299. The lowest BCUT2D eigenvalue weighted by Gasteiger charge is -2.24. The molecular formula is C18H23BFN2O6PS. The number of hydrogen-bond donors (Lipinski definition) is 2. The van der Waals surface area contributed by atoms with Gasteiger partial charge in [-0.3, -0.25) is 18.8 Å². The van der Waals surface area contributed by atoms with Crippen molar-refractivity contribution in [2.24, 2.45) is 0 Å². The second kappa shape index (κ2) is 11.7. The molecule has 8 nitrogen and oxygen atoms in total. The summed E-state index contributed by atoms with van der Waals surface area (Å²) in [6.45, 7) is 4.51. The lowest BCUT2D eigenvalue weighted by atomic mass is 9.97. The molecule has 0 saturated carbocycles. The van der Waals surface area contributed by atoms with Crippen LogP contribution in [0.25, 0.3) is 0 Å². The van der Waals surface area contributed by atoms with Crippen molar-refractivity contribution in [3.8, 4) is 5.75 Å². The molecule has 2 atom stereocenters. The van der Waals surface area contributed by atoms with Crippen LogP contribution < -0.4 is 10.1 Å². The van der Waals surface area contributed by atoms with E-state index in [1.165, 1.54) is 17.2 Å². The van der Waals surface area contributed by atoms with Crippen LogP contribution in [0.1, 0.15) is 23.1 Å². The van der Waals surface area contributed by atoms with Crippen LogP contribution in [0.3, 0.4) is 0 Å². The number of methoxy groups -OCH3 is 1. The van der Waals surface area contributed by atoms with Gasteiger partial charge in [0.25, 0.3) is 5.56 Å². The van der Waals surface area contributed by atoms with Crippen LogP contribution in [0.15, 0.2) is 23.1 Å². The van der Waals surface area contributed by atoms with Gasteiger partial charge in [0, 0.05) is 31.4 Å². The summed E-state index contributed by atoms with van der Waals surface area (Å²) in [5, 5.41) is 8.61. The maximum absolute atomic E-state index is 12.9. The first-order chi connectivity index (χ1) is 14.2. The number of ether oxygens (including phenoxy) is 1. The number of nitrogens with zero attached hydrogens (tertiary/aromatic N) is 1. The second-order valence-corrected chi connectivity index (χ2v) is 7.94. The summed E-state index contributed by atoms with van der Waals surface area (Å²) in [4.78, 5) is 13.0. The van der Waals surface area contributed by atoms with Crippen LogP contribution in [0, 0.1) is 24.4 Å². The molecule has 0 amide bonds. The van der Waals surface area contributed by atoms with Gasteiger partial charge in [-0.1, -0.05) is 17.7 Å². The Hall–Kier alpha value is -1.62. The first-order valence-corrected chi connectivity index (χ1v) is 10.5. The minimum Gasteiger partial charge on any atom is -0.426 e. The number of aliphatic hydroxyl groups is 1. The summed E-state index contributed by atoms with van der Waals surface area (Å²) in [6, 6.07) is 3.66. The van der Waals surface area contributed by atoms with Crippen LogP contribution in [0.2, 0.25) is 0 Å². The molecule has 2 aromatic rings. The number of aliphatic hydroxyl groups excluding tert-OH is 1. The SMILES string of the molecule is Cc1cc(C)c2c(c1)COP(OCO)O2.[B][C@H](CCn1cc(F)c(=O)[nH]c1=S)OC. The molecule has 2 N–H and O–H groups in total. The highest BCUT2D eigenvalue weighted by molar-refractivity contribution is 7.71. The first kappa shape index (κ1) is 24.7. The highest BCUT2D eigenvalue weighted by Crippen LogP contribution is 2.48. The number of benzene rings is 1. The summed E-state index contributed by atoms with van der Waals surface area (Å²) < 4.78 is 35.0. The molecule has 0 fully saturated rings. The molecule has 1 aromatic carbocycles. The molecule has 0 spiro atoms. The van der Waals surface area contributed by atoms with Gasteiger partial charge in [-0.05, 0) is 38.0 Å². The first-order valence-electron chi connectivity index (χ1n) is 8.97. The standard InChI is InChI=1S/C10H13O4P.C8H10BFN2O2S/c1-7-3-8(2)10-9(4-7)5-12-15(14-10)13-6-11;1-14-6(9)2-3-12-4-5(10)7(13)11-8(12)15/h3-4,11H,5-6H2,1-2H3;4,6H,2-3H2,1H3,(H,11,13,15)/t;6-/m.0/s1. The number of H-pyrrole nitrogens is 1. The minimum absolute atomic E-state index is 0.171. The average Bonchev–Trinajstić information content (AvgIpc) is 2.70. The summed E-state index contributed by atoms with van der Waals surface area (Å²) in [7, 11) is 5.55. The molecule has 0 bridgehead atoms. The van der Waals surface area contributed by atoms with Crippen LogP contribution in [-0.4, -0.2) is 42.4 Å². The number of rotatable bonds is 6. The average molecular weight is 456 g/mol. The van der Waals surface area contributed by atoms with E-state index in [2.05, 4.69) is 11.1 Å². The largest absolute Gasteiger partial charge is 0.426 e. The van der Waals surface area contributed by atoms with Gasteiger partial charge in [0.05, 0.1) is 6.61 Å². The number of hydrogen-bond acceptors (Lipinski definition) is 7. The fraction of sp³-hybridized carbons (Fsp3) is 0.444. The van der Waals surface area contributed by atoms with Gasteiger partial charge in [-0.2, -0.15) is 4.39 Å².